The second-order valence-electron chi connectivity index (χ2n) is 11.8. The van der Waals surface area contributed by atoms with Crippen molar-refractivity contribution in [3.05, 3.63) is 35.9 Å². The number of ether oxygens (including phenoxy) is 1. The van der Waals surface area contributed by atoms with Gasteiger partial charge in [-0.15, -0.1) is 0 Å². The minimum absolute atomic E-state index is 0.0164. The molecule has 5 rings (SSSR count). The van der Waals surface area contributed by atoms with Crippen LogP contribution in [0.2, 0.25) is 0 Å². The van der Waals surface area contributed by atoms with Crippen molar-refractivity contribution in [3.63, 3.8) is 0 Å². The first kappa shape index (κ1) is 27.8. The molecular formula is C28H43N3O6. The zero-order valence-electron chi connectivity index (χ0n) is 22.3. The summed E-state index contributed by atoms with van der Waals surface area (Å²) in [6, 6.07) is 10.7. The largest absolute Gasteiger partial charge is 0.483 e. The van der Waals surface area contributed by atoms with Gasteiger partial charge < -0.3 is 29.9 Å². The molecule has 2 aliphatic heterocycles. The molecule has 2 amide bonds. The van der Waals surface area contributed by atoms with Crippen LogP contribution in [0.4, 0.5) is 4.79 Å². The third kappa shape index (κ3) is 5.50. The molecule has 9 heteroatoms. The highest BCUT2D eigenvalue weighted by atomic mass is 16.5. The highest BCUT2D eigenvalue weighted by molar-refractivity contribution is 5.78. The molecule has 2 saturated heterocycles. The van der Waals surface area contributed by atoms with E-state index in [0.717, 1.165) is 44.9 Å². The topological polar surface area (TPSA) is 114 Å². The fourth-order valence-electron chi connectivity index (χ4n) is 6.84. The van der Waals surface area contributed by atoms with E-state index < -0.39 is 11.2 Å². The number of hydrogen-bond donors (Lipinski definition) is 3. The van der Waals surface area contributed by atoms with Crippen LogP contribution in [0.15, 0.2) is 30.3 Å². The maximum atomic E-state index is 13.8. The molecule has 9 nitrogen and oxygen atoms in total. The number of carboxylic acid groups (broad SMARTS) is 1. The van der Waals surface area contributed by atoms with Gasteiger partial charge in [-0.05, 0) is 64.6 Å². The Bertz CT molecular complexity index is 921. The van der Waals surface area contributed by atoms with Crippen LogP contribution in [0.1, 0.15) is 63.4 Å². The molecule has 0 radical (unpaired) electrons. The number of aliphatic hydroxyl groups is 2. The van der Waals surface area contributed by atoms with Crippen LogP contribution in [-0.2, 0) is 15.1 Å². The van der Waals surface area contributed by atoms with Gasteiger partial charge in [-0.25, -0.2) is 4.79 Å². The fourth-order valence-corrected chi connectivity index (χ4v) is 6.84. The van der Waals surface area contributed by atoms with E-state index in [9.17, 15) is 15.0 Å². The maximum Gasteiger partial charge on any atom is 0.320 e. The highest BCUT2D eigenvalue weighted by Gasteiger charge is 2.57. The monoisotopic (exact) mass is 517 g/mol. The Kier molecular flexibility index (Phi) is 8.19. The lowest BCUT2D eigenvalue weighted by atomic mass is 9.67. The third-order valence-corrected chi connectivity index (χ3v) is 9.38. The summed E-state index contributed by atoms with van der Waals surface area (Å²) in [6.45, 7) is 2.21. The van der Waals surface area contributed by atoms with Gasteiger partial charge in [0.05, 0.1) is 29.8 Å². The molecule has 0 bridgehead atoms. The number of urea groups is 1. The van der Waals surface area contributed by atoms with Gasteiger partial charge in [0.15, 0.2) is 0 Å². The normalized spacial score (nSPS) is 30.6. The molecule has 1 aromatic carbocycles. The van der Waals surface area contributed by atoms with Crippen molar-refractivity contribution >= 4 is 12.5 Å². The smallest absolute Gasteiger partial charge is 0.320 e. The van der Waals surface area contributed by atoms with Crippen LogP contribution in [-0.4, -0.2) is 106 Å². The number of amides is 2. The number of carbonyl (C=O) groups excluding carboxylic acids is 1. The van der Waals surface area contributed by atoms with E-state index in [4.69, 9.17) is 14.6 Å². The summed E-state index contributed by atoms with van der Waals surface area (Å²) in [5.41, 5.74) is -0.662. The lowest BCUT2D eigenvalue weighted by molar-refractivity contribution is -0.122. The molecule has 1 spiro atoms. The second kappa shape index (κ2) is 10.9. The first-order valence-corrected chi connectivity index (χ1v) is 13.5. The Balaban J connectivity index is 0.00000102. The summed E-state index contributed by atoms with van der Waals surface area (Å²) in [4.78, 5) is 28.3. The van der Waals surface area contributed by atoms with Crippen molar-refractivity contribution in [3.8, 4) is 0 Å². The molecule has 0 atom stereocenters. The van der Waals surface area contributed by atoms with E-state index in [1.165, 1.54) is 5.56 Å². The zero-order valence-corrected chi connectivity index (χ0v) is 22.3. The van der Waals surface area contributed by atoms with Gasteiger partial charge in [-0.1, -0.05) is 30.3 Å². The molecule has 2 heterocycles. The van der Waals surface area contributed by atoms with E-state index in [-0.39, 0.29) is 23.6 Å². The summed E-state index contributed by atoms with van der Waals surface area (Å²) >= 11 is 0. The van der Waals surface area contributed by atoms with Crippen molar-refractivity contribution in [2.24, 2.45) is 0 Å². The second-order valence-corrected chi connectivity index (χ2v) is 11.8. The number of rotatable bonds is 6. The number of nitrogens with zero attached hydrogens (tertiary/aromatic N) is 3. The van der Waals surface area contributed by atoms with Crippen LogP contribution < -0.4 is 0 Å². The first-order valence-electron chi connectivity index (χ1n) is 13.5. The predicted molar refractivity (Wildman–Crippen MR) is 139 cm³/mol. The molecule has 4 aliphatic rings. The maximum absolute atomic E-state index is 13.8. The Morgan fingerprint density at radius 2 is 1.49 bits per heavy atom. The van der Waals surface area contributed by atoms with E-state index in [1.54, 1.807) is 0 Å². The first-order chi connectivity index (χ1) is 17.6. The summed E-state index contributed by atoms with van der Waals surface area (Å²) in [6.07, 6.45) is 7.36. The van der Waals surface area contributed by atoms with Gasteiger partial charge >= 0.3 is 6.03 Å². The highest BCUT2D eigenvalue weighted by Crippen LogP contribution is 2.50. The van der Waals surface area contributed by atoms with Gasteiger partial charge in [0.25, 0.3) is 6.47 Å². The van der Waals surface area contributed by atoms with Crippen LogP contribution in [0.3, 0.4) is 0 Å². The van der Waals surface area contributed by atoms with Crippen molar-refractivity contribution in [1.29, 1.82) is 0 Å². The standard InChI is InChI=1S/C27H41N3O4.CH2O2/c1-28(2)27(22-7-4-3-5-8-22)13-11-24(12-14-27)19-29(20-26(33)15-17-34-18-16-26)23(31)30(24)21-25(32)9-6-10-25;2-1-3/h3-5,7-8,32-33H,6,9-21H2,1-2H3;1H,(H,2,3). The summed E-state index contributed by atoms with van der Waals surface area (Å²) in [5.74, 6) is 0. The minimum atomic E-state index is -0.884. The third-order valence-electron chi connectivity index (χ3n) is 9.38. The molecule has 4 fully saturated rings. The Morgan fingerprint density at radius 1 is 0.919 bits per heavy atom. The van der Waals surface area contributed by atoms with Crippen LogP contribution in [0.5, 0.6) is 0 Å². The molecule has 206 valence electrons. The van der Waals surface area contributed by atoms with E-state index in [2.05, 4.69) is 49.3 Å². The quantitative estimate of drug-likeness (QED) is 0.497. The Morgan fingerprint density at radius 3 is 2.00 bits per heavy atom. The molecular weight excluding hydrogens is 474 g/mol. The molecule has 3 N–H and O–H groups in total. The van der Waals surface area contributed by atoms with Gasteiger partial charge in [0.2, 0.25) is 0 Å². The van der Waals surface area contributed by atoms with Gasteiger partial charge in [-0.2, -0.15) is 0 Å². The van der Waals surface area contributed by atoms with Crippen LogP contribution >= 0.6 is 0 Å². The van der Waals surface area contributed by atoms with E-state index in [1.807, 2.05) is 9.80 Å². The molecule has 1 aromatic rings. The fraction of sp³-hybridized carbons (Fsp3) is 0.714. The van der Waals surface area contributed by atoms with Crippen LogP contribution in [0, 0.1) is 0 Å². The van der Waals surface area contributed by atoms with Crippen molar-refractivity contribution < 1.29 is 29.6 Å². The Hall–Kier alpha value is -2.20. The lowest BCUT2D eigenvalue weighted by Gasteiger charge is -2.52. The zero-order chi connectivity index (χ0) is 26.7. The SMILES string of the molecule is CN(C)C1(c2ccccc2)CCC2(CC1)CN(CC1(O)CCOCC1)C(=O)N2CC1(O)CCC1.O=CO. The number of carbonyl (C=O) groups is 2. The van der Waals surface area contributed by atoms with E-state index in [0.29, 0.717) is 45.7 Å². The van der Waals surface area contributed by atoms with Gasteiger partial charge in [-0.3, -0.25) is 9.69 Å². The van der Waals surface area contributed by atoms with Crippen molar-refractivity contribution in [2.75, 3.05) is 46.9 Å². The molecule has 37 heavy (non-hydrogen) atoms. The predicted octanol–water partition coefficient (Wildman–Crippen LogP) is 2.65. The summed E-state index contributed by atoms with van der Waals surface area (Å²) in [7, 11) is 4.32. The average molecular weight is 518 g/mol. The lowest BCUT2D eigenvalue weighted by Crippen LogP contribution is -2.59. The Labute approximate surface area is 220 Å². The molecule has 2 aliphatic carbocycles. The van der Waals surface area contributed by atoms with Gasteiger partial charge in [0, 0.05) is 38.1 Å². The number of β-amino-alcohol motifs (C(OH)–C–C–N with tert-alkyl or cyclic N) is 2. The minimum Gasteiger partial charge on any atom is -0.483 e. The summed E-state index contributed by atoms with van der Waals surface area (Å²) in [5, 5.41) is 29.1. The molecule has 0 aromatic heterocycles. The molecule has 0 unspecified atom stereocenters. The van der Waals surface area contributed by atoms with Crippen molar-refractivity contribution in [2.45, 2.75) is 80.1 Å². The number of benzene rings is 1. The van der Waals surface area contributed by atoms with Crippen molar-refractivity contribution in [1.82, 2.24) is 14.7 Å². The van der Waals surface area contributed by atoms with Gasteiger partial charge in [0.1, 0.15) is 0 Å². The van der Waals surface area contributed by atoms with Crippen LogP contribution in [0.25, 0.3) is 0 Å². The average Bonchev–Trinajstić information content (AvgIpc) is 3.09. The molecule has 2 saturated carbocycles. The number of hydrogen-bond acceptors (Lipinski definition) is 6. The van der Waals surface area contributed by atoms with E-state index >= 15 is 0 Å². The summed E-state index contributed by atoms with van der Waals surface area (Å²) < 4.78 is 5.45.